The Morgan fingerprint density at radius 3 is 2.50 bits per heavy atom. The zero-order valence-electron chi connectivity index (χ0n) is 13.1. The van der Waals surface area contributed by atoms with Gasteiger partial charge in [-0.05, 0) is 30.2 Å². The lowest BCUT2D eigenvalue weighted by molar-refractivity contribution is 0.0681. The van der Waals surface area contributed by atoms with Crippen molar-refractivity contribution in [1.29, 1.82) is 0 Å². The van der Waals surface area contributed by atoms with Gasteiger partial charge in [0.1, 0.15) is 0 Å². The number of sulfone groups is 1. The summed E-state index contributed by atoms with van der Waals surface area (Å²) in [5.41, 5.74) is 1.44. The molecule has 0 unspecified atom stereocenters. The molecule has 1 aliphatic heterocycles. The topological polar surface area (TPSA) is 54.5 Å². The molecule has 1 fully saturated rings. The largest absolute Gasteiger partial charge is 0.330 e. The first-order chi connectivity index (χ1) is 11.4. The Labute approximate surface area is 147 Å². The molecule has 1 aliphatic rings. The normalized spacial score (nSPS) is 19.1. The van der Waals surface area contributed by atoms with Crippen LogP contribution in [0.3, 0.4) is 0 Å². The summed E-state index contributed by atoms with van der Waals surface area (Å²) < 4.78 is 23.7. The SMILES string of the molecule is O=C(c1cccc(Cl)c1)N(Cc1ccccc1)[C@H]1CCS(=O)(=O)C1. The summed E-state index contributed by atoms with van der Waals surface area (Å²) in [6, 6.07) is 16.0. The molecule has 0 aliphatic carbocycles. The minimum atomic E-state index is -3.08. The van der Waals surface area contributed by atoms with E-state index in [1.165, 1.54) is 0 Å². The van der Waals surface area contributed by atoms with E-state index in [1.54, 1.807) is 29.2 Å². The first-order valence-corrected chi connectivity index (χ1v) is 9.95. The number of nitrogens with zero attached hydrogens (tertiary/aromatic N) is 1. The summed E-state index contributed by atoms with van der Waals surface area (Å²) in [4.78, 5) is 14.6. The third kappa shape index (κ3) is 3.97. The van der Waals surface area contributed by atoms with E-state index >= 15 is 0 Å². The molecule has 2 aromatic rings. The number of rotatable bonds is 4. The Morgan fingerprint density at radius 1 is 1.12 bits per heavy atom. The van der Waals surface area contributed by atoms with Crippen molar-refractivity contribution in [3.63, 3.8) is 0 Å². The number of hydrogen-bond acceptors (Lipinski definition) is 3. The van der Waals surface area contributed by atoms with Crippen LogP contribution in [0.5, 0.6) is 0 Å². The number of benzene rings is 2. The van der Waals surface area contributed by atoms with E-state index in [4.69, 9.17) is 11.6 Å². The summed E-state index contributed by atoms with van der Waals surface area (Å²) in [6.45, 7) is 0.381. The summed E-state index contributed by atoms with van der Waals surface area (Å²) in [7, 11) is -3.08. The van der Waals surface area contributed by atoms with Gasteiger partial charge in [0.15, 0.2) is 9.84 Å². The third-order valence-corrected chi connectivity index (χ3v) is 6.16. The molecular weight excluding hydrogens is 346 g/mol. The quantitative estimate of drug-likeness (QED) is 0.838. The molecular formula is C18H18ClNO3S. The average Bonchev–Trinajstić information content (AvgIpc) is 2.93. The highest BCUT2D eigenvalue weighted by molar-refractivity contribution is 7.91. The Kier molecular flexibility index (Phi) is 4.92. The summed E-state index contributed by atoms with van der Waals surface area (Å²) >= 11 is 5.99. The maximum atomic E-state index is 13.0. The first-order valence-electron chi connectivity index (χ1n) is 7.75. The predicted molar refractivity (Wildman–Crippen MR) is 94.8 cm³/mol. The van der Waals surface area contributed by atoms with Gasteiger partial charge in [0.25, 0.3) is 5.91 Å². The maximum absolute atomic E-state index is 13.0. The number of carbonyl (C=O) groups is 1. The van der Waals surface area contributed by atoms with E-state index in [0.717, 1.165) is 5.56 Å². The Bertz CT molecular complexity index is 836. The van der Waals surface area contributed by atoms with Crippen molar-refractivity contribution in [2.75, 3.05) is 11.5 Å². The maximum Gasteiger partial charge on any atom is 0.254 e. The van der Waals surface area contributed by atoms with Gasteiger partial charge in [0.05, 0.1) is 11.5 Å². The molecule has 3 rings (SSSR count). The minimum Gasteiger partial charge on any atom is -0.330 e. The van der Waals surface area contributed by atoms with E-state index in [-0.39, 0.29) is 23.5 Å². The highest BCUT2D eigenvalue weighted by atomic mass is 35.5. The minimum absolute atomic E-state index is 0.0200. The van der Waals surface area contributed by atoms with Crippen molar-refractivity contribution in [2.24, 2.45) is 0 Å². The van der Waals surface area contributed by atoms with Gasteiger partial charge in [0.2, 0.25) is 0 Å². The molecule has 0 bridgehead atoms. The highest BCUT2D eigenvalue weighted by Crippen LogP contribution is 2.23. The molecule has 0 radical (unpaired) electrons. The molecule has 6 heteroatoms. The summed E-state index contributed by atoms with van der Waals surface area (Å²) in [5.74, 6) is -0.0405. The summed E-state index contributed by atoms with van der Waals surface area (Å²) in [5, 5.41) is 0.486. The van der Waals surface area contributed by atoms with Crippen molar-refractivity contribution >= 4 is 27.3 Å². The van der Waals surface area contributed by atoms with Crippen LogP contribution in [0.1, 0.15) is 22.3 Å². The van der Waals surface area contributed by atoms with Crippen LogP contribution in [-0.2, 0) is 16.4 Å². The zero-order chi connectivity index (χ0) is 17.2. The van der Waals surface area contributed by atoms with E-state index in [1.807, 2.05) is 30.3 Å². The Morgan fingerprint density at radius 2 is 1.88 bits per heavy atom. The highest BCUT2D eigenvalue weighted by Gasteiger charge is 2.35. The van der Waals surface area contributed by atoms with Crippen LogP contribution in [0.4, 0.5) is 0 Å². The molecule has 126 valence electrons. The fourth-order valence-electron chi connectivity index (χ4n) is 2.96. The van der Waals surface area contributed by atoms with Crippen LogP contribution in [0.2, 0.25) is 5.02 Å². The van der Waals surface area contributed by atoms with Crippen molar-refractivity contribution in [3.05, 3.63) is 70.7 Å². The molecule has 0 saturated carbocycles. The second-order valence-electron chi connectivity index (χ2n) is 5.99. The molecule has 0 N–H and O–H groups in total. The van der Waals surface area contributed by atoms with E-state index in [0.29, 0.717) is 23.6 Å². The van der Waals surface area contributed by atoms with Gasteiger partial charge in [-0.3, -0.25) is 4.79 Å². The van der Waals surface area contributed by atoms with Crippen LogP contribution in [-0.4, -0.2) is 36.8 Å². The third-order valence-electron chi connectivity index (χ3n) is 4.18. The first kappa shape index (κ1) is 17.0. The molecule has 2 aromatic carbocycles. The van der Waals surface area contributed by atoms with Crippen LogP contribution in [0, 0.1) is 0 Å². The number of carbonyl (C=O) groups excluding carboxylic acids is 1. The van der Waals surface area contributed by atoms with E-state index in [9.17, 15) is 13.2 Å². The van der Waals surface area contributed by atoms with Crippen LogP contribution < -0.4 is 0 Å². The van der Waals surface area contributed by atoms with Crippen LogP contribution in [0.15, 0.2) is 54.6 Å². The molecule has 24 heavy (non-hydrogen) atoms. The monoisotopic (exact) mass is 363 g/mol. The molecule has 1 saturated heterocycles. The van der Waals surface area contributed by atoms with E-state index < -0.39 is 9.84 Å². The van der Waals surface area contributed by atoms with Gasteiger partial charge < -0.3 is 4.90 Å². The van der Waals surface area contributed by atoms with Crippen molar-refractivity contribution in [3.8, 4) is 0 Å². The van der Waals surface area contributed by atoms with Gasteiger partial charge in [-0.1, -0.05) is 48.0 Å². The standard InChI is InChI=1S/C18H18ClNO3S/c19-16-8-4-7-15(11-16)18(21)20(12-14-5-2-1-3-6-14)17-9-10-24(22,23)13-17/h1-8,11,17H,9-10,12-13H2/t17-/m0/s1. The summed E-state index contributed by atoms with van der Waals surface area (Å²) in [6.07, 6.45) is 0.474. The fourth-order valence-corrected chi connectivity index (χ4v) is 4.88. The average molecular weight is 364 g/mol. The lowest BCUT2D eigenvalue weighted by Gasteiger charge is -2.28. The second kappa shape index (κ2) is 6.95. The number of hydrogen-bond donors (Lipinski definition) is 0. The van der Waals surface area contributed by atoms with Gasteiger partial charge in [-0.25, -0.2) is 8.42 Å². The predicted octanol–water partition coefficient (Wildman–Crippen LogP) is 3.17. The van der Waals surface area contributed by atoms with Crippen LogP contribution in [0.25, 0.3) is 0 Å². The van der Waals surface area contributed by atoms with Gasteiger partial charge >= 0.3 is 0 Å². The van der Waals surface area contributed by atoms with Crippen molar-refractivity contribution < 1.29 is 13.2 Å². The lowest BCUT2D eigenvalue weighted by Crippen LogP contribution is -2.40. The van der Waals surface area contributed by atoms with Gasteiger partial charge in [-0.2, -0.15) is 0 Å². The molecule has 1 heterocycles. The molecule has 1 amide bonds. The Balaban J connectivity index is 1.91. The van der Waals surface area contributed by atoms with Gasteiger partial charge in [0, 0.05) is 23.2 Å². The molecule has 0 spiro atoms. The second-order valence-corrected chi connectivity index (χ2v) is 8.65. The van der Waals surface area contributed by atoms with E-state index in [2.05, 4.69) is 0 Å². The molecule has 4 nitrogen and oxygen atoms in total. The van der Waals surface area contributed by atoms with Crippen molar-refractivity contribution in [2.45, 2.75) is 19.0 Å². The van der Waals surface area contributed by atoms with Crippen LogP contribution >= 0.6 is 11.6 Å². The smallest absolute Gasteiger partial charge is 0.254 e. The number of amides is 1. The zero-order valence-corrected chi connectivity index (χ0v) is 14.6. The number of halogens is 1. The lowest BCUT2D eigenvalue weighted by atomic mass is 10.1. The Hall–Kier alpha value is -1.85. The fraction of sp³-hybridized carbons (Fsp3) is 0.278. The van der Waals surface area contributed by atoms with Gasteiger partial charge in [-0.15, -0.1) is 0 Å². The molecule has 0 aromatic heterocycles. The van der Waals surface area contributed by atoms with Crippen molar-refractivity contribution in [1.82, 2.24) is 4.90 Å². The molecule has 1 atom stereocenters.